The van der Waals surface area contributed by atoms with Crippen molar-refractivity contribution in [2.45, 2.75) is 26.3 Å². The molecule has 1 aliphatic rings. The van der Waals surface area contributed by atoms with Gasteiger partial charge in [-0.15, -0.1) is 0 Å². The quantitative estimate of drug-likeness (QED) is 0.885. The van der Waals surface area contributed by atoms with E-state index in [0.717, 1.165) is 16.9 Å². The molecule has 1 saturated heterocycles. The molecule has 5 nitrogen and oxygen atoms in total. The van der Waals surface area contributed by atoms with Crippen molar-refractivity contribution in [3.8, 4) is 0 Å². The van der Waals surface area contributed by atoms with Crippen molar-refractivity contribution in [2.24, 2.45) is 0 Å². The van der Waals surface area contributed by atoms with E-state index in [1.165, 1.54) is 0 Å². The maximum atomic E-state index is 12.4. The largest absolute Gasteiger partial charge is 0.377 e. The standard InChI is InChI=1S/C15H21N3O2/c1-10-5-6-12(9-13(10)17(3)4)18-8-7-14(19)16-11(2)15(18)20/h5-6,9,11H,7-8H2,1-4H3,(H,16,19). The van der Waals surface area contributed by atoms with Gasteiger partial charge in [-0.25, -0.2) is 0 Å². The van der Waals surface area contributed by atoms with Crippen LogP contribution in [0.15, 0.2) is 18.2 Å². The second-order valence-corrected chi connectivity index (χ2v) is 5.39. The topological polar surface area (TPSA) is 52.7 Å². The van der Waals surface area contributed by atoms with Gasteiger partial charge in [0.15, 0.2) is 0 Å². The number of rotatable bonds is 2. The van der Waals surface area contributed by atoms with E-state index >= 15 is 0 Å². The highest BCUT2D eigenvalue weighted by atomic mass is 16.2. The molecule has 0 aromatic heterocycles. The fourth-order valence-electron chi connectivity index (χ4n) is 2.44. The van der Waals surface area contributed by atoms with Gasteiger partial charge in [0.05, 0.1) is 0 Å². The summed E-state index contributed by atoms with van der Waals surface area (Å²) < 4.78 is 0. The van der Waals surface area contributed by atoms with Crippen LogP contribution in [0.5, 0.6) is 0 Å². The minimum atomic E-state index is -0.478. The third-order valence-corrected chi connectivity index (χ3v) is 3.56. The lowest BCUT2D eigenvalue weighted by Crippen LogP contribution is -2.42. The summed E-state index contributed by atoms with van der Waals surface area (Å²) in [5.41, 5.74) is 3.07. The molecule has 0 bridgehead atoms. The Labute approximate surface area is 119 Å². The number of hydrogen-bond acceptors (Lipinski definition) is 3. The van der Waals surface area contributed by atoms with Crippen molar-refractivity contribution >= 4 is 23.2 Å². The molecule has 2 rings (SSSR count). The maximum Gasteiger partial charge on any atom is 0.249 e. The zero-order valence-corrected chi connectivity index (χ0v) is 12.4. The van der Waals surface area contributed by atoms with Gasteiger partial charge in [-0.1, -0.05) is 6.07 Å². The zero-order chi connectivity index (χ0) is 14.9. The van der Waals surface area contributed by atoms with Gasteiger partial charge in [0.25, 0.3) is 0 Å². The van der Waals surface area contributed by atoms with E-state index in [0.29, 0.717) is 13.0 Å². The van der Waals surface area contributed by atoms with Crippen molar-refractivity contribution in [1.29, 1.82) is 0 Å². The van der Waals surface area contributed by atoms with Crippen LogP contribution in [-0.4, -0.2) is 38.5 Å². The third-order valence-electron chi connectivity index (χ3n) is 3.56. The van der Waals surface area contributed by atoms with Gasteiger partial charge < -0.3 is 15.1 Å². The molecule has 2 amide bonds. The van der Waals surface area contributed by atoms with Crippen LogP contribution in [0.2, 0.25) is 0 Å². The van der Waals surface area contributed by atoms with Crippen molar-refractivity contribution in [3.63, 3.8) is 0 Å². The predicted molar refractivity (Wildman–Crippen MR) is 80.1 cm³/mol. The van der Waals surface area contributed by atoms with Crippen LogP contribution in [0.3, 0.4) is 0 Å². The molecule has 1 N–H and O–H groups in total. The van der Waals surface area contributed by atoms with E-state index in [1.807, 2.05) is 44.1 Å². The number of carbonyl (C=O) groups is 2. The van der Waals surface area contributed by atoms with Gasteiger partial charge in [0.1, 0.15) is 6.04 Å². The smallest absolute Gasteiger partial charge is 0.249 e. The molecule has 108 valence electrons. The van der Waals surface area contributed by atoms with Gasteiger partial charge >= 0.3 is 0 Å². The molecule has 1 atom stereocenters. The lowest BCUT2D eigenvalue weighted by Gasteiger charge is -2.25. The predicted octanol–water partition coefficient (Wildman–Crippen LogP) is 1.30. The third kappa shape index (κ3) is 2.76. The Morgan fingerprint density at radius 3 is 2.65 bits per heavy atom. The molecule has 1 aromatic rings. The highest BCUT2D eigenvalue weighted by Gasteiger charge is 2.27. The first-order chi connectivity index (χ1) is 9.40. The van der Waals surface area contributed by atoms with Crippen LogP contribution < -0.4 is 15.1 Å². The van der Waals surface area contributed by atoms with E-state index in [-0.39, 0.29) is 11.8 Å². The second kappa shape index (κ2) is 5.53. The Hall–Kier alpha value is -2.04. The highest BCUT2D eigenvalue weighted by Crippen LogP contribution is 2.26. The number of carbonyl (C=O) groups excluding carboxylic acids is 2. The monoisotopic (exact) mass is 275 g/mol. The van der Waals surface area contributed by atoms with E-state index in [2.05, 4.69) is 5.32 Å². The number of nitrogens with one attached hydrogen (secondary N) is 1. The van der Waals surface area contributed by atoms with Gasteiger partial charge in [-0.2, -0.15) is 0 Å². The summed E-state index contributed by atoms with van der Waals surface area (Å²) in [5, 5.41) is 2.70. The molecule has 1 aliphatic heterocycles. The van der Waals surface area contributed by atoms with E-state index in [1.54, 1.807) is 11.8 Å². The van der Waals surface area contributed by atoms with Crippen LogP contribution in [-0.2, 0) is 9.59 Å². The Kier molecular flexibility index (Phi) is 3.97. The first-order valence-corrected chi connectivity index (χ1v) is 6.79. The van der Waals surface area contributed by atoms with E-state index in [4.69, 9.17) is 0 Å². The minimum absolute atomic E-state index is 0.0654. The van der Waals surface area contributed by atoms with Crippen LogP contribution in [0.1, 0.15) is 18.9 Å². The average molecular weight is 275 g/mol. The fraction of sp³-hybridized carbons (Fsp3) is 0.467. The molecule has 1 aromatic carbocycles. The molecule has 0 spiro atoms. The molecule has 1 heterocycles. The van der Waals surface area contributed by atoms with Crippen LogP contribution in [0, 0.1) is 6.92 Å². The maximum absolute atomic E-state index is 12.4. The summed E-state index contributed by atoms with van der Waals surface area (Å²) in [4.78, 5) is 27.6. The van der Waals surface area contributed by atoms with Crippen LogP contribution >= 0.6 is 0 Å². The molecule has 5 heteroatoms. The first-order valence-electron chi connectivity index (χ1n) is 6.79. The number of nitrogens with zero attached hydrogens (tertiary/aromatic N) is 2. The molecule has 1 fully saturated rings. The van der Waals surface area contributed by atoms with Crippen molar-refractivity contribution in [1.82, 2.24) is 5.32 Å². The highest BCUT2D eigenvalue weighted by molar-refractivity contribution is 6.01. The van der Waals surface area contributed by atoms with E-state index in [9.17, 15) is 9.59 Å². The molecule has 0 saturated carbocycles. The molecule has 20 heavy (non-hydrogen) atoms. The summed E-state index contributed by atoms with van der Waals surface area (Å²) in [5.74, 6) is -0.141. The lowest BCUT2D eigenvalue weighted by molar-refractivity contribution is -0.125. The van der Waals surface area contributed by atoms with Gasteiger partial charge in [0.2, 0.25) is 11.8 Å². The minimum Gasteiger partial charge on any atom is -0.377 e. The SMILES string of the molecule is Cc1ccc(N2CCC(=O)NC(C)C2=O)cc1N(C)C. The van der Waals surface area contributed by atoms with Crippen molar-refractivity contribution < 1.29 is 9.59 Å². The molecule has 1 unspecified atom stereocenters. The van der Waals surface area contributed by atoms with E-state index < -0.39 is 6.04 Å². The zero-order valence-electron chi connectivity index (χ0n) is 12.4. The summed E-state index contributed by atoms with van der Waals surface area (Å²) in [6, 6.07) is 5.45. The van der Waals surface area contributed by atoms with Crippen LogP contribution in [0.4, 0.5) is 11.4 Å². The molecule has 0 radical (unpaired) electrons. The Morgan fingerprint density at radius 2 is 2.00 bits per heavy atom. The molecular weight excluding hydrogens is 254 g/mol. The fourth-order valence-corrected chi connectivity index (χ4v) is 2.44. The Bertz CT molecular complexity index is 540. The van der Waals surface area contributed by atoms with Gasteiger partial charge in [-0.3, -0.25) is 9.59 Å². The van der Waals surface area contributed by atoms with Crippen molar-refractivity contribution in [2.75, 3.05) is 30.4 Å². The number of amides is 2. The number of anilines is 2. The second-order valence-electron chi connectivity index (χ2n) is 5.39. The lowest BCUT2D eigenvalue weighted by atomic mass is 10.1. The average Bonchev–Trinajstić information content (AvgIpc) is 2.50. The number of aryl methyl sites for hydroxylation is 1. The Morgan fingerprint density at radius 1 is 1.30 bits per heavy atom. The summed E-state index contributed by atoms with van der Waals surface area (Å²) in [7, 11) is 3.95. The Balaban J connectivity index is 2.36. The van der Waals surface area contributed by atoms with Gasteiger partial charge in [0, 0.05) is 38.4 Å². The molecular formula is C15H21N3O2. The van der Waals surface area contributed by atoms with Crippen LogP contribution in [0.25, 0.3) is 0 Å². The first kappa shape index (κ1) is 14.4. The van der Waals surface area contributed by atoms with Crippen molar-refractivity contribution in [3.05, 3.63) is 23.8 Å². The summed E-state index contributed by atoms with van der Waals surface area (Å²) in [6.07, 6.45) is 0.335. The van der Waals surface area contributed by atoms with Gasteiger partial charge in [-0.05, 0) is 31.5 Å². The molecule has 0 aliphatic carbocycles. The summed E-state index contributed by atoms with van der Waals surface area (Å²) >= 11 is 0. The summed E-state index contributed by atoms with van der Waals surface area (Å²) in [6.45, 7) is 4.18. The number of hydrogen-bond donors (Lipinski definition) is 1. The number of benzene rings is 1. The normalized spacial score (nSPS) is 19.6.